The van der Waals surface area contributed by atoms with Crippen LogP contribution in [-0.2, 0) is 0 Å². The predicted molar refractivity (Wildman–Crippen MR) is 139 cm³/mol. The van der Waals surface area contributed by atoms with Gasteiger partial charge in [-0.2, -0.15) is 0 Å². The van der Waals surface area contributed by atoms with Crippen molar-refractivity contribution < 1.29 is 4.39 Å². The first-order valence-corrected chi connectivity index (χ1v) is 11.8. The first kappa shape index (κ1) is 22.3. The molecular weight excluding hydrogens is 443 g/mol. The van der Waals surface area contributed by atoms with Crippen molar-refractivity contribution in [2.24, 2.45) is 0 Å². The summed E-state index contributed by atoms with van der Waals surface area (Å²) in [5.41, 5.74) is 8.15. The van der Waals surface area contributed by atoms with Crippen LogP contribution < -0.4 is 10.2 Å². The van der Waals surface area contributed by atoms with Gasteiger partial charge in [0.15, 0.2) is 5.11 Å². The molecule has 0 saturated carbocycles. The second-order valence-electron chi connectivity index (χ2n) is 8.93. The molecule has 1 aliphatic heterocycles. The number of aryl methyl sites for hydroxylation is 3. The summed E-state index contributed by atoms with van der Waals surface area (Å²) in [7, 11) is 0. The van der Waals surface area contributed by atoms with Crippen molar-refractivity contribution in [1.82, 2.24) is 14.9 Å². The van der Waals surface area contributed by atoms with E-state index in [1.807, 2.05) is 24.3 Å². The fraction of sp³-hybridized carbons (Fsp3) is 0.214. The van der Waals surface area contributed by atoms with E-state index in [9.17, 15) is 4.39 Å². The highest BCUT2D eigenvalue weighted by Gasteiger charge is 2.42. The molecule has 2 atom stereocenters. The zero-order chi connectivity index (χ0) is 24.0. The number of nitrogens with zero attached hydrogens (tertiary/aromatic N) is 3. The van der Waals surface area contributed by atoms with Crippen molar-refractivity contribution in [2.45, 2.75) is 39.8 Å². The highest BCUT2D eigenvalue weighted by Crippen LogP contribution is 2.44. The van der Waals surface area contributed by atoms with Crippen LogP contribution in [0.4, 0.5) is 10.1 Å². The number of nitrogens with one attached hydrogen (secondary N) is 1. The Morgan fingerprint density at radius 2 is 1.65 bits per heavy atom. The van der Waals surface area contributed by atoms with E-state index in [1.54, 1.807) is 19.2 Å². The molecule has 0 spiro atoms. The predicted octanol–water partition coefficient (Wildman–Crippen LogP) is 6.42. The zero-order valence-corrected chi connectivity index (χ0v) is 20.5. The lowest BCUT2D eigenvalue weighted by molar-refractivity contribution is 0.564. The monoisotopic (exact) mass is 470 g/mol. The van der Waals surface area contributed by atoms with Crippen molar-refractivity contribution in [1.29, 1.82) is 0 Å². The maximum absolute atomic E-state index is 14.1. The standard InChI is InChI=1S/C28H27FN4S/c1-17-8-10-21(11-9-17)32-19(3)16-23(20(32)4)27-26(25-7-5-6-14-30-25)31-28(34)33(27)22-12-13-24(29)18(2)15-22/h5-16,26-27H,1-4H3,(H,31,34)/t26-,27-/m0/s1. The molecule has 4 nitrogen and oxygen atoms in total. The summed E-state index contributed by atoms with van der Waals surface area (Å²) in [6.07, 6.45) is 1.80. The third-order valence-corrected chi connectivity index (χ3v) is 6.91. The SMILES string of the molecule is Cc1ccc(-n2c(C)cc([C@H]3[C@H](c4ccccn4)NC(=S)N3c3ccc(F)c(C)c3)c2C)cc1. The van der Waals surface area contributed by atoms with Crippen LogP contribution in [0.1, 0.15) is 45.9 Å². The Hall–Kier alpha value is -3.51. The van der Waals surface area contributed by atoms with Crippen LogP contribution in [0.3, 0.4) is 0 Å². The number of pyridine rings is 1. The van der Waals surface area contributed by atoms with E-state index in [1.165, 1.54) is 11.6 Å². The van der Waals surface area contributed by atoms with Gasteiger partial charge in [0, 0.05) is 29.0 Å². The van der Waals surface area contributed by atoms with Gasteiger partial charge < -0.3 is 14.8 Å². The minimum atomic E-state index is -0.225. The zero-order valence-electron chi connectivity index (χ0n) is 19.7. The van der Waals surface area contributed by atoms with Crippen molar-refractivity contribution in [2.75, 3.05) is 4.90 Å². The average Bonchev–Trinajstić information content (AvgIpc) is 3.32. The minimum Gasteiger partial charge on any atom is -0.351 e. The number of benzene rings is 2. The number of rotatable bonds is 4. The van der Waals surface area contributed by atoms with E-state index < -0.39 is 0 Å². The third-order valence-electron chi connectivity index (χ3n) is 6.60. The molecule has 0 bridgehead atoms. The summed E-state index contributed by atoms with van der Waals surface area (Å²) in [6, 6.07) is 21.6. The summed E-state index contributed by atoms with van der Waals surface area (Å²) >= 11 is 5.83. The molecule has 0 radical (unpaired) electrons. The molecule has 2 aromatic carbocycles. The van der Waals surface area contributed by atoms with E-state index in [2.05, 4.69) is 70.9 Å². The van der Waals surface area contributed by atoms with Gasteiger partial charge in [0.05, 0.1) is 17.8 Å². The Morgan fingerprint density at radius 3 is 2.32 bits per heavy atom. The molecule has 0 unspecified atom stereocenters. The minimum absolute atomic E-state index is 0.141. The molecule has 4 aromatic rings. The fourth-order valence-corrected chi connectivity index (χ4v) is 5.25. The second-order valence-corrected chi connectivity index (χ2v) is 9.31. The molecule has 5 rings (SSSR count). The number of anilines is 1. The van der Waals surface area contributed by atoms with Crippen LogP contribution in [0.5, 0.6) is 0 Å². The molecule has 2 aromatic heterocycles. The van der Waals surface area contributed by atoms with Gasteiger partial charge in [0.1, 0.15) is 5.82 Å². The van der Waals surface area contributed by atoms with Gasteiger partial charge in [-0.3, -0.25) is 4.98 Å². The first-order chi connectivity index (χ1) is 16.3. The van der Waals surface area contributed by atoms with E-state index in [0.29, 0.717) is 10.7 Å². The molecule has 1 fully saturated rings. The lowest BCUT2D eigenvalue weighted by atomic mass is 9.96. The maximum Gasteiger partial charge on any atom is 0.174 e. The van der Waals surface area contributed by atoms with Crippen molar-refractivity contribution >= 4 is 23.0 Å². The number of halogens is 1. The second kappa shape index (κ2) is 8.69. The van der Waals surface area contributed by atoms with Gasteiger partial charge in [-0.15, -0.1) is 0 Å². The topological polar surface area (TPSA) is 33.1 Å². The van der Waals surface area contributed by atoms with Crippen LogP contribution in [0.15, 0.2) is 72.9 Å². The van der Waals surface area contributed by atoms with E-state index in [-0.39, 0.29) is 17.9 Å². The summed E-state index contributed by atoms with van der Waals surface area (Å²) in [6.45, 7) is 8.14. The molecule has 1 aliphatic rings. The van der Waals surface area contributed by atoms with Crippen molar-refractivity contribution in [3.8, 4) is 5.69 Å². The first-order valence-electron chi connectivity index (χ1n) is 11.4. The Balaban J connectivity index is 1.68. The summed E-state index contributed by atoms with van der Waals surface area (Å²) in [5, 5.41) is 4.10. The van der Waals surface area contributed by atoms with E-state index in [4.69, 9.17) is 12.2 Å². The van der Waals surface area contributed by atoms with Gasteiger partial charge in [-0.05, 0) is 99.6 Å². The lowest BCUT2D eigenvalue weighted by Gasteiger charge is -2.28. The quantitative estimate of drug-likeness (QED) is 0.349. The molecule has 0 amide bonds. The summed E-state index contributed by atoms with van der Waals surface area (Å²) in [5.74, 6) is -0.225. The van der Waals surface area contributed by atoms with Crippen molar-refractivity contribution in [3.05, 3.63) is 113 Å². The van der Waals surface area contributed by atoms with Gasteiger partial charge in [-0.1, -0.05) is 23.8 Å². The summed E-state index contributed by atoms with van der Waals surface area (Å²) < 4.78 is 16.4. The molecule has 1 N–H and O–H groups in total. The smallest absolute Gasteiger partial charge is 0.174 e. The molecule has 3 heterocycles. The van der Waals surface area contributed by atoms with Crippen molar-refractivity contribution in [3.63, 3.8) is 0 Å². The van der Waals surface area contributed by atoms with Gasteiger partial charge >= 0.3 is 0 Å². The van der Waals surface area contributed by atoms with E-state index in [0.717, 1.165) is 34.0 Å². The number of thiocarbonyl (C=S) groups is 1. The molecule has 34 heavy (non-hydrogen) atoms. The molecular formula is C28H27FN4S. The Kier molecular flexibility index (Phi) is 5.70. The summed E-state index contributed by atoms with van der Waals surface area (Å²) in [4.78, 5) is 6.74. The number of hydrogen-bond acceptors (Lipinski definition) is 2. The normalized spacial score (nSPS) is 17.8. The number of hydrogen-bond donors (Lipinski definition) is 1. The van der Waals surface area contributed by atoms with Crippen LogP contribution in [0.2, 0.25) is 0 Å². The Morgan fingerprint density at radius 1 is 0.912 bits per heavy atom. The molecule has 1 saturated heterocycles. The third kappa shape index (κ3) is 3.78. The Labute approximate surface area is 205 Å². The molecule has 0 aliphatic carbocycles. The Bertz CT molecular complexity index is 1360. The number of aromatic nitrogens is 2. The van der Waals surface area contributed by atoms with Crippen LogP contribution in [0, 0.1) is 33.5 Å². The molecule has 172 valence electrons. The van der Waals surface area contributed by atoms with Crippen LogP contribution in [0.25, 0.3) is 5.69 Å². The average molecular weight is 471 g/mol. The largest absolute Gasteiger partial charge is 0.351 e. The highest BCUT2D eigenvalue weighted by molar-refractivity contribution is 7.80. The fourth-order valence-electron chi connectivity index (χ4n) is 4.91. The van der Waals surface area contributed by atoms with Crippen LogP contribution in [-0.4, -0.2) is 14.7 Å². The van der Waals surface area contributed by atoms with E-state index >= 15 is 0 Å². The van der Waals surface area contributed by atoms with Gasteiger partial charge in [0.2, 0.25) is 0 Å². The highest BCUT2D eigenvalue weighted by atomic mass is 32.1. The molecule has 6 heteroatoms. The van der Waals surface area contributed by atoms with Gasteiger partial charge in [0.25, 0.3) is 0 Å². The lowest BCUT2D eigenvalue weighted by Crippen LogP contribution is -2.29. The maximum atomic E-state index is 14.1. The van der Waals surface area contributed by atoms with Crippen LogP contribution >= 0.6 is 12.2 Å². The van der Waals surface area contributed by atoms with Gasteiger partial charge in [-0.25, -0.2) is 4.39 Å².